The summed E-state index contributed by atoms with van der Waals surface area (Å²) in [5.74, 6) is -1.26. The number of aromatic amines is 1. The second-order valence-electron chi connectivity index (χ2n) is 9.01. The van der Waals surface area contributed by atoms with Gasteiger partial charge in [-0.05, 0) is 55.8 Å². The van der Waals surface area contributed by atoms with Crippen molar-refractivity contribution in [3.8, 4) is 11.3 Å². The number of hydrogen-bond donors (Lipinski definition) is 2. The number of nitrogens with one attached hydrogen (secondary N) is 2. The molecule has 182 valence electrons. The highest BCUT2D eigenvalue weighted by atomic mass is 19.1. The van der Waals surface area contributed by atoms with Crippen LogP contribution in [0.4, 0.5) is 14.6 Å². The first kappa shape index (κ1) is 22.3. The Morgan fingerprint density at radius 2 is 1.94 bits per heavy atom. The van der Waals surface area contributed by atoms with Crippen LogP contribution >= 0.6 is 0 Å². The first-order chi connectivity index (χ1) is 17.5. The van der Waals surface area contributed by atoms with Gasteiger partial charge in [0.15, 0.2) is 17.3 Å². The van der Waals surface area contributed by atoms with E-state index in [0.717, 1.165) is 25.2 Å². The van der Waals surface area contributed by atoms with Crippen molar-refractivity contribution in [1.29, 1.82) is 0 Å². The molecular formula is C26H23F2N7O. The van der Waals surface area contributed by atoms with E-state index in [2.05, 4.69) is 30.5 Å². The van der Waals surface area contributed by atoms with E-state index in [1.165, 1.54) is 54.4 Å². The molecule has 5 aromatic rings. The molecule has 6 rings (SSSR count). The van der Waals surface area contributed by atoms with Gasteiger partial charge in [-0.1, -0.05) is 18.6 Å². The van der Waals surface area contributed by atoms with Crippen molar-refractivity contribution in [3.05, 3.63) is 77.6 Å². The Morgan fingerprint density at radius 1 is 1.08 bits per heavy atom. The van der Waals surface area contributed by atoms with Gasteiger partial charge in [0.05, 0.1) is 17.1 Å². The monoisotopic (exact) mass is 487 g/mol. The Labute approximate surface area is 205 Å². The highest BCUT2D eigenvalue weighted by Crippen LogP contribution is 2.30. The highest BCUT2D eigenvalue weighted by molar-refractivity contribution is 6.07. The summed E-state index contributed by atoms with van der Waals surface area (Å²) in [7, 11) is 0. The van der Waals surface area contributed by atoms with Crippen molar-refractivity contribution in [1.82, 2.24) is 29.7 Å². The number of carbonyl (C=O) groups is 1. The van der Waals surface area contributed by atoms with E-state index >= 15 is 4.39 Å². The summed E-state index contributed by atoms with van der Waals surface area (Å²) in [4.78, 5) is 19.7. The van der Waals surface area contributed by atoms with Crippen molar-refractivity contribution >= 4 is 28.3 Å². The number of aromatic nitrogens is 5. The summed E-state index contributed by atoms with van der Waals surface area (Å²) in [6, 6.07) is 11.3. The number of nitrogens with zero attached hydrogens (tertiary/aromatic N) is 5. The molecular weight excluding hydrogens is 464 g/mol. The zero-order valence-electron chi connectivity index (χ0n) is 19.3. The zero-order valence-corrected chi connectivity index (χ0v) is 19.3. The lowest BCUT2D eigenvalue weighted by Gasteiger charge is -2.26. The van der Waals surface area contributed by atoms with E-state index in [4.69, 9.17) is 0 Å². The molecule has 1 amide bonds. The maximum atomic E-state index is 15.2. The predicted octanol–water partition coefficient (Wildman–Crippen LogP) is 4.79. The molecule has 2 N–H and O–H groups in total. The molecule has 1 saturated heterocycles. The summed E-state index contributed by atoms with van der Waals surface area (Å²) in [5, 5.41) is 14.1. The molecule has 0 unspecified atom stereocenters. The zero-order chi connectivity index (χ0) is 24.6. The molecule has 1 aliphatic rings. The number of H-pyrrole nitrogens is 1. The standard InChI is InChI=1S/C26H23F2N7O/c27-18-7-10-35-22(12-18)20(14-29-35)23-21(28)13-19-24(30-23)32-33-25(19)31-26(36)17-6-4-5-16(11-17)15-34-8-2-1-3-9-34/h4-7,10-14H,1-3,8-9,15H2,(H2,30,31,32,33,36). The molecule has 4 aromatic heterocycles. The lowest BCUT2D eigenvalue weighted by molar-refractivity contribution is 0.102. The topological polar surface area (TPSA) is 91.2 Å². The van der Waals surface area contributed by atoms with Crippen molar-refractivity contribution < 1.29 is 13.6 Å². The molecule has 0 radical (unpaired) electrons. The van der Waals surface area contributed by atoms with Crippen LogP contribution in [0.25, 0.3) is 27.8 Å². The summed E-state index contributed by atoms with van der Waals surface area (Å²) in [6.07, 6.45) is 6.56. The van der Waals surface area contributed by atoms with Crippen LogP contribution in [0.5, 0.6) is 0 Å². The Hall–Kier alpha value is -4.18. The van der Waals surface area contributed by atoms with Crippen LogP contribution in [0.15, 0.2) is 54.9 Å². The average molecular weight is 488 g/mol. The quantitative estimate of drug-likeness (QED) is 0.372. The molecule has 5 heterocycles. The maximum absolute atomic E-state index is 15.2. The Kier molecular flexibility index (Phi) is 5.65. The van der Waals surface area contributed by atoms with Gasteiger partial charge in [-0.15, -0.1) is 0 Å². The number of piperidine rings is 1. The Bertz CT molecular complexity index is 1590. The van der Waals surface area contributed by atoms with Gasteiger partial charge in [0, 0.05) is 29.9 Å². The Morgan fingerprint density at radius 3 is 2.81 bits per heavy atom. The van der Waals surface area contributed by atoms with E-state index < -0.39 is 11.6 Å². The number of benzene rings is 1. The Balaban J connectivity index is 1.26. The van der Waals surface area contributed by atoms with Crippen LogP contribution < -0.4 is 5.32 Å². The highest BCUT2D eigenvalue weighted by Gasteiger charge is 2.19. The van der Waals surface area contributed by atoms with Gasteiger partial charge in [0.25, 0.3) is 5.91 Å². The van der Waals surface area contributed by atoms with Gasteiger partial charge in [0.1, 0.15) is 11.5 Å². The number of anilines is 1. The summed E-state index contributed by atoms with van der Waals surface area (Å²) in [5.41, 5.74) is 2.60. The van der Waals surface area contributed by atoms with Crippen LogP contribution in [-0.2, 0) is 6.54 Å². The SMILES string of the molecule is O=C(Nc1n[nH]c2nc(-c3cnn4ccc(F)cc34)c(F)cc12)c1cccc(CN2CCCCC2)c1. The minimum Gasteiger partial charge on any atom is -0.305 e. The molecule has 36 heavy (non-hydrogen) atoms. The molecule has 1 aromatic carbocycles. The normalized spacial score (nSPS) is 14.5. The third kappa shape index (κ3) is 4.20. The number of carbonyl (C=O) groups excluding carboxylic acids is 1. The van der Waals surface area contributed by atoms with Crippen molar-refractivity contribution in [2.75, 3.05) is 18.4 Å². The van der Waals surface area contributed by atoms with Gasteiger partial charge >= 0.3 is 0 Å². The second kappa shape index (κ2) is 9.12. The molecule has 1 fully saturated rings. The largest absolute Gasteiger partial charge is 0.305 e. The molecule has 0 saturated carbocycles. The fourth-order valence-electron chi connectivity index (χ4n) is 4.71. The van der Waals surface area contributed by atoms with Crippen LogP contribution in [0.2, 0.25) is 0 Å². The smallest absolute Gasteiger partial charge is 0.256 e. The van der Waals surface area contributed by atoms with Crippen molar-refractivity contribution in [2.45, 2.75) is 25.8 Å². The van der Waals surface area contributed by atoms with Crippen LogP contribution in [-0.4, -0.2) is 48.7 Å². The molecule has 0 aliphatic carbocycles. The third-order valence-electron chi connectivity index (χ3n) is 6.52. The number of halogens is 2. The minimum atomic E-state index is -0.637. The van der Waals surface area contributed by atoms with Gasteiger partial charge in [-0.25, -0.2) is 18.3 Å². The third-order valence-corrected chi connectivity index (χ3v) is 6.52. The fourth-order valence-corrected chi connectivity index (χ4v) is 4.71. The lowest BCUT2D eigenvalue weighted by Crippen LogP contribution is -2.29. The molecule has 1 aliphatic heterocycles. The number of hydrogen-bond acceptors (Lipinski definition) is 5. The van der Waals surface area contributed by atoms with Crippen molar-refractivity contribution in [2.24, 2.45) is 0 Å². The van der Waals surface area contributed by atoms with Crippen LogP contribution in [0.3, 0.4) is 0 Å². The summed E-state index contributed by atoms with van der Waals surface area (Å²) >= 11 is 0. The molecule has 10 heteroatoms. The number of pyridine rings is 2. The van der Waals surface area contributed by atoms with E-state index in [1.54, 1.807) is 6.07 Å². The minimum absolute atomic E-state index is 0.00930. The lowest BCUT2D eigenvalue weighted by atomic mass is 10.1. The first-order valence-corrected chi connectivity index (χ1v) is 11.9. The predicted molar refractivity (Wildman–Crippen MR) is 132 cm³/mol. The van der Waals surface area contributed by atoms with Gasteiger partial charge in [-0.3, -0.25) is 14.8 Å². The van der Waals surface area contributed by atoms with Crippen LogP contribution in [0.1, 0.15) is 35.2 Å². The molecule has 0 spiro atoms. The molecule has 8 nitrogen and oxygen atoms in total. The van der Waals surface area contributed by atoms with Gasteiger partial charge in [-0.2, -0.15) is 10.2 Å². The number of amides is 1. The number of fused-ring (bicyclic) bond motifs is 2. The number of likely N-dealkylation sites (tertiary alicyclic amines) is 1. The first-order valence-electron chi connectivity index (χ1n) is 11.9. The van der Waals surface area contributed by atoms with Crippen molar-refractivity contribution in [3.63, 3.8) is 0 Å². The average Bonchev–Trinajstić information content (AvgIpc) is 3.47. The van der Waals surface area contributed by atoms with E-state index in [9.17, 15) is 9.18 Å². The fraction of sp³-hybridized carbons (Fsp3) is 0.231. The molecule has 0 bridgehead atoms. The van der Waals surface area contributed by atoms with E-state index in [1.807, 2.05) is 18.2 Å². The summed E-state index contributed by atoms with van der Waals surface area (Å²) in [6.45, 7) is 2.94. The summed E-state index contributed by atoms with van der Waals surface area (Å²) < 4.78 is 30.4. The van der Waals surface area contributed by atoms with Gasteiger partial charge < -0.3 is 5.32 Å². The van der Waals surface area contributed by atoms with Crippen LogP contribution in [0, 0.1) is 11.6 Å². The van der Waals surface area contributed by atoms with Gasteiger partial charge in [0.2, 0.25) is 0 Å². The molecule has 0 atom stereocenters. The van der Waals surface area contributed by atoms with E-state index in [-0.39, 0.29) is 23.1 Å². The maximum Gasteiger partial charge on any atom is 0.256 e. The second-order valence-corrected chi connectivity index (χ2v) is 9.01. The number of rotatable bonds is 5. The van der Waals surface area contributed by atoms with E-state index in [0.29, 0.717) is 22.0 Å².